The van der Waals surface area contributed by atoms with Gasteiger partial charge in [0.15, 0.2) is 0 Å². The number of benzene rings is 1. The fraction of sp³-hybridized carbons (Fsp3) is 0.182. The Hall–Kier alpha value is -1.39. The number of aliphatic hydroxyl groups excluding tert-OH is 1. The molecule has 15 heavy (non-hydrogen) atoms. The molecule has 1 atom stereocenters. The second kappa shape index (κ2) is 4.42. The number of aromatic hydroxyl groups is 1. The third-order valence-electron chi connectivity index (χ3n) is 2.15. The van der Waals surface area contributed by atoms with Gasteiger partial charge in [0.25, 0.3) is 0 Å². The van der Waals surface area contributed by atoms with E-state index in [2.05, 4.69) is 4.98 Å². The molecule has 2 aromatic rings. The average Bonchev–Trinajstić information content (AvgIpc) is 2.74. The molecule has 3 nitrogen and oxygen atoms in total. The molecule has 2 rings (SSSR count). The zero-order chi connectivity index (χ0) is 10.7. The highest BCUT2D eigenvalue weighted by atomic mass is 32.1. The van der Waals surface area contributed by atoms with E-state index in [4.69, 9.17) is 5.11 Å². The predicted octanol–water partition coefficient (Wildman–Crippen LogP) is 2.12. The fourth-order valence-corrected chi connectivity index (χ4v) is 1.95. The van der Waals surface area contributed by atoms with Crippen molar-refractivity contribution in [2.24, 2.45) is 0 Å². The van der Waals surface area contributed by atoms with Crippen molar-refractivity contribution in [2.45, 2.75) is 12.5 Å². The van der Waals surface area contributed by atoms with Crippen molar-refractivity contribution in [1.82, 2.24) is 4.98 Å². The number of thiazole rings is 1. The van der Waals surface area contributed by atoms with E-state index < -0.39 is 6.10 Å². The first-order valence-corrected chi connectivity index (χ1v) is 5.48. The van der Waals surface area contributed by atoms with E-state index in [1.807, 2.05) is 0 Å². The molecule has 0 saturated carbocycles. The number of aliphatic hydroxyl groups is 1. The number of phenols is 1. The second-order valence-electron chi connectivity index (χ2n) is 3.29. The summed E-state index contributed by atoms with van der Waals surface area (Å²) in [5.74, 6) is 0.242. The molecule has 1 unspecified atom stereocenters. The Morgan fingerprint density at radius 3 is 2.60 bits per heavy atom. The molecule has 1 aromatic heterocycles. The summed E-state index contributed by atoms with van der Waals surface area (Å²) < 4.78 is 0. The third-order valence-corrected chi connectivity index (χ3v) is 3.02. The smallest absolute Gasteiger partial charge is 0.115 e. The van der Waals surface area contributed by atoms with Gasteiger partial charge >= 0.3 is 0 Å². The lowest BCUT2D eigenvalue weighted by molar-refractivity contribution is 0.182. The summed E-state index contributed by atoms with van der Waals surface area (Å²) in [6, 6.07) is 6.85. The molecule has 0 amide bonds. The van der Waals surface area contributed by atoms with Gasteiger partial charge in [0, 0.05) is 12.6 Å². The molecular formula is C11H11NO2S. The van der Waals surface area contributed by atoms with E-state index in [-0.39, 0.29) is 5.75 Å². The summed E-state index contributed by atoms with van der Waals surface area (Å²) in [5.41, 5.74) is 2.70. The highest BCUT2D eigenvalue weighted by Crippen LogP contribution is 2.22. The van der Waals surface area contributed by atoms with E-state index in [1.165, 1.54) is 11.3 Å². The van der Waals surface area contributed by atoms with Gasteiger partial charge in [0.2, 0.25) is 0 Å². The Morgan fingerprint density at radius 2 is 2.00 bits per heavy atom. The van der Waals surface area contributed by atoms with Gasteiger partial charge in [-0.2, -0.15) is 0 Å². The molecule has 4 heteroatoms. The van der Waals surface area contributed by atoms with Crippen LogP contribution in [0.2, 0.25) is 0 Å². The van der Waals surface area contributed by atoms with Crippen molar-refractivity contribution in [2.75, 3.05) is 0 Å². The van der Waals surface area contributed by atoms with Crippen molar-refractivity contribution < 1.29 is 10.2 Å². The molecule has 0 bridgehead atoms. The first-order valence-electron chi connectivity index (χ1n) is 4.60. The molecule has 1 aromatic carbocycles. The van der Waals surface area contributed by atoms with Crippen LogP contribution in [0.3, 0.4) is 0 Å². The number of aromatic nitrogens is 1. The SMILES string of the molecule is Oc1ccc(CC(O)c2cncs2)cc1. The lowest BCUT2D eigenvalue weighted by Crippen LogP contribution is -1.99. The van der Waals surface area contributed by atoms with Crippen molar-refractivity contribution in [3.8, 4) is 5.75 Å². The maximum atomic E-state index is 9.84. The van der Waals surface area contributed by atoms with E-state index in [9.17, 15) is 5.11 Å². The monoisotopic (exact) mass is 221 g/mol. The minimum atomic E-state index is -0.512. The molecule has 0 fully saturated rings. The van der Waals surface area contributed by atoms with Crippen LogP contribution in [-0.2, 0) is 6.42 Å². The topological polar surface area (TPSA) is 53.4 Å². The van der Waals surface area contributed by atoms with Crippen LogP contribution in [0.15, 0.2) is 36.0 Å². The van der Waals surface area contributed by atoms with Crippen LogP contribution in [0, 0.1) is 0 Å². The number of hydrogen-bond donors (Lipinski definition) is 2. The molecule has 0 aliphatic rings. The van der Waals surface area contributed by atoms with Gasteiger partial charge in [-0.05, 0) is 17.7 Å². The first kappa shape index (κ1) is 10.1. The van der Waals surface area contributed by atoms with Crippen LogP contribution in [0.4, 0.5) is 0 Å². The van der Waals surface area contributed by atoms with E-state index >= 15 is 0 Å². The van der Waals surface area contributed by atoms with Gasteiger partial charge in [-0.15, -0.1) is 11.3 Å². The Bertz CT molecular complexity index is 411. The van der Waals surface area contributed by atoms with Crippen LogP contribution in [-0.4, -0.2) is 15.2 Å². The molecule has 1 heterocycles. The van der Waals surface area contributed by atoms with Crippen molar-refractivity contribution in [3.05, 3.63) is 46.4 Å². The quantitative estimate of drug-likeness (QED) is 0.834. The average molecular weight is 221 g/mol. The molecule has 0 aliphatic carbocycles. The third kappa shape index (κ3) is 2.55. The van der Waals surface area contributed by atoms with Crippen molar-refractivity contribution in [1.29, 1.82) is 0 Å². The van der Waals surface area contributed by atoms with Crippen molar-refractivity contribution >= 4 is 11.3 Å². The van der Waals surface area contributed by atoms with E-state index in [1.54, 1.807) is 36.0 Å². The zero-order valence-corrected chi connectivity index (χ0v) is 8.81. The number of phenolic OH excluding ortho intramolecular Hbond substituents is 1. The summed E-state index contributed by atoms with van der Waals surface area (Å²) in [6.45, 7) is 0. The summed E-state index contributed by atoms with van der Waals surface area (Å²) in [4.78, 5) is 4.78. The molecule has 2 N–H and O–H groups in total. The van der Waals surface area contributed by atoms with Crippen LogP contribution in [0.1, 0.15) is 16.5 Å². The minimum Gasteiger partial charge on any atom is -0.508 e. The Kier molecular flexibility index (Phi) is 2.99. The van der Waals surface area contributed by atoms with Crippen molar-refractivity contribution in [3.63, 3.8) is 0 Å². The standard InChI is InChI=1S/C11H11NO2S/c13-9-3-1-8(2-4-9)5-10(14)11-6-12-7-15-11/h1-4,6-7,10,13-14H,5H2. The van der Waals surface area contributed by atoms with Crippen LogP contribution in [0.25, 0.3) is 0 Å². The Morgan fingerprint density at radius 1 is 1.27 bits per heavy atom. The molecule has 0 aliphatic heterocycles. The maximum Gasteiger partial charge on any atom is 0.115 e. The zero-order valence-electron chi connectivity index (χ0n) is 8.00. The Labute approximate surface area is 91.7 Å². The fourth-order valence-electron chi connectivity index (χ4n) is 1.35. The molecule has 0 saturated heterocycles. The normalized spacial score (nSPS) is 12.6. The summed E-state index contributed by atoms with van der Waals surface area (Å²) >= 11 is 1.44. The highest BCUT2D eigenvalue weighted by Gasteiger charge is 2.09. The molecule has 78 valence electrons. The maximum absolute atomic E-state index is 9.84. The largest absolute Gasteiger partial charge is 0.508 e. The summed E-state index contributed by atoms with van der Waals surface area (Å²) in [5, 5.41) is 18.9. The van der Waals surface area contributed by atoms with Gasteiger partial charge in [0.05, 0.1) is 16.5 Å². The number of nitrogens with zero attached hydrogens (tertiary/aromatic N) is 1. The van der Waals surface area contributed by atoms with Gasteiger partial charge in [-0.3, -0.25) is 4.98 Å². The summed E-state index contributed by atoms with van der Waals surface area (Å²) in [7, 11) is 0. The van der Waals surface area contributed by atoms with E-state index in [0.717, 1.165) is 10.4 Å². The predicted molar refractivity (Wildman–Crippen MR) is 58.9 cm³/mol. The Balaban J connectivity index is 2.06. The van der Waals surface area contributed by atoms with E-state index in [0.29, 0.717) is 6.42 Å². The van der Waals surface area contributed by atoms with Crippen LogP contribution in [0.5, 0.6) is 5.75 Å². The lowest BCUT2D eigenvalue weighted by atomic mass is 10.1. The van der Waals surface area contributed by atoms with Gasteiger partial charge in [0.1, 0.15) is 5.75 Å². The van der Waals surface area contributed by atoms with Gasteiger partial charge in [-0.25, -0.2) is 0 Å². The van der Waals surface area contributed by atoms with Crippen LogP contribution >= 0.6 is 11.3 Å². The summed E-state index contributed by atoms with van der Waals surface area (Å²) in [6.07, 6.45) is 1.71. The molecule has 0 spiro atoms. The van der Waals surface area contributed by atoms with Gasteiger partial charge < -0.3 is 10.2 Å². The highest BCUT2D eigenvalue weighted by molar-refractivity contribution is 7.09. The second-order valence-corrected chi connectivity index (χ2v) is 4.21. The molecular weight excluding hydrogens is 210 g/mol. The molecule has 0 radical (unpaired) electrons. The lowest BCUT2D eigenvalue weighted by Gasteiger charge is -2.07. The van der Waals surface area contributed by atoms with Crippen LogP contribution < -0.4 is 0 Å². The minimum absolute atomic E-state index is 0.242. The first-order chi connectivity index (χ1) is 7.25. The van der Waals surface area contributed by atoms with Gasteiger partial charge in [-0.1, -0.05) is 12.1 Å². The number of rotatable bonds is 3. The number of hydrogen-bond acceptors (Lipinski definition) is 4.